The van der Waals surface area contributed by atoms with Crippen molar-refractivity contribution in [3.8, 4) is 0 Å². The van der Waals surface area contributed by atoms with Crippen LogP contribution in [0.1, 0.15) is 59.6 Å². The summed E-state index contributed by atoms with van der Waals surface area (Å²) in [4.78, 5) is 36.1. The lowest BCUT2D eigenvalue weighted by Crippen LogP contribution is -2.49. The summed E-state index contributed by atoms with van der Waals surface area (Å²) in [6.45, 7) is 2.12. The monoisotopic (exact) mass is 370 g/mol. The molecule has 6 rings (SSSR count). The number of thiazole rings is 1. The van der Waals surface area contributed by atoms with E-state index >= 15 is 0 Å². The first-order valence-electron chi connectivity index (χ1n) is 9.34. The maximum absolute atomic E-state index is 12.4. The van der Waals surface area contributed by atoms with Crippen LogP contribution in [0.25, 0.3) is 0 Å². The van der Waals surface area contributed by atoms with Gasteiger partial charge in [-0.25, -0.2) is 4.98 Å². The number of aromatic nitrogens is 3. The van der Waals surface area contributed by atoms with Gasteiger partial charge in [0.15, 0.2) is 5.13 Å². The van der Waals surface area contributed by atoms with E-state index in [2.05, 4.69) is 22.2 Å². The van der Waals surface area contributed by atoms with Crippen LogP contribution in [0.5, 0.6) is 0 Å². The van der Waals surface area contributed by atoms with E-state index < -0.39 is 0 Å². The Labute approximate surface area is 155 Å². The van der Waals surface area contributed by atoms with Gasteiger partial charge in [-0.2, -0.15) is 0 Å². The van der Waals surface area contributed by atoms with Crippen LogP contribution in [0, 0.1) is 24.7 Å². The zero-order valence-corrected chi connectivity index (χ0v) is 15.6. The van der Waals surface area contributed by atoms with Gasteiger partial charge in [-0.15, -0.1) is 11.3 Å². The first kappa shape index (κ1) is 16.2. The molecule has 6 nitrogen and oxygen atoms in total. The summed E-state index contributed by atoms with van der Waals surface area (Å²) in [5.74, 6) is 2.21. The lowest BCUT2D eigenvalue weighted by molar-refractivity contribution is -0.00715. The number of hydrogen-bond acceptors (Lipinski definition) is 5. The van der Waals surface area contributed by atoms with Crippen LogP contribution >= 0.6 is 11.3 Å². The van der Waals surface area contributed by atoms with Gasteiger partial charge < -0.3 is 4.98 Å². The third-order valence-electron chi connectivity index (χ3n) is 6.46. The fraction of sp³-hybridized carbons (Fsp3) is 0.579. The van der Waals surface area contributed by atoms with Crippen molar-refractivity contribution in [1.82, 2.24) is 15.0 Å². The van der Waals surface area contributed by atoms with Crippen molar-refractivity contribution in [2.24, 2.45) is 17.8 Å². The average Bonchev–Trinajstić information content (AvgIpc) is 2.95. The second kappa shape index (κ2) is 5.74. The van der Waals surface area contributed by atoms with E-state index in [0.717, 1.165) is 24.0 Å². The first-order valence-corrected chi connectivity index (χ1v) is 10.2. The van der Waals surface area contributed by atoms with E-state index in [1.165, 1.54) is 66.6 Å². The molecule has 0 radical (unpaired) electrons. The zero-order chi connectivity index (χ0) is 17.9. The number of nitrogens with one attached hydrogen (secondary N) is 2. The minimum atomic E-state index is -0.387. The number of anilines is 1. The lowest BCUT2D eigenvalue weighted by atomic mass is 9.48. The summed E-state index contributed by atoms with van der Waals surface area (Å²) >= 11 is 1.54. The Kier molecular flexibility index (Phi) is 3.57. The molecule has 7 heteroatoms. The highest BCUT2D eigenvalue weighted by molar-refractivity contribution is 7.15. The van der Waals surface area contributed by atoms with Crippen LogP contribution in [0.4, 0.5) is 5.13 Å². The molecule has 4 aliphatic carbocycles. The number of hydrogen-bond donors (Lipinski definition) is 2. The van der Waals surface area contributed by atoms with Crippen LogP contribution in [-0.2, 0) is 5.41 Å². The molecule has 4 fully saturated rings. The highest BCUT2D eigenvalue weighted by Gasteiger charge is 2.53. The molecular weight excluding hydrogens is 348 g/mol. The topological polar surface area (TPSA) is 87.7 Å². The zero-order valence-electron chi connectivity index (χ0n) is 14.7. The number of aryl methyl sites for hydroxylation is 1. The summed E-state index contributed by atoms with van der Waals surface area (Å²) in [5, 5.41) is 3.45. The second-order valence-electron chi connectivity index (χ2n) is 8.39. The van der Waals surface area contributed by atoms with E-state index in [4.69, 9.17) is 4.98 Å². The lowest BCUT2D eigenvalue weighted by Gasteiger charge is -2.56. The number of amides is 1. The minimum Gasteiger partial charge on any atom is -0.315 e. The molecule has 2 aromatic rings. The van der Waals surface area contributed by atoms with Gasteiger partial charge >= 0.3 is 0 Å². The standard InChI is InChI=1S/C19H22N4O2S/c1-10-16(19-5-11-2-12(6-19)4-13(3-11)7-19)22-18(26-10)23-17(25)14-8-20-9-15(24)21-14/h8-9,11-13H,2-7H2,1H3,(H,21,24)(H,22,23,25). The van der Waals surface area contributed by atoms with Gasteiger partial charge in [0.1, 0.15) is 5.69 Å². The molecule has 0 spiro atoms. The number of H-pyrrole nitrogens is 1. The van der Waals surface area contributed by atoms with Gasteiger partial charge in [0.2, 0.25) is 0 Å². The van der Waals surface area contributed by atoms with Gasteiger partial charge in [-0.05, 0) is 63.2 Å². The van der Waals surface area contributed by atoms with Gasteiger partial charge in [-0.1, -0.05) is 0 Å². The van der Waals surface area contributed by atoms with Crippen LogP contribution in [0.3, 0.4) is 0 Å². The Bertz CT molecular complexity index is 896. The molecule has 4 bridgehead atoms. The Morgan fingerprint density at radius 1 is 1.19 bits per heavy atom. The van der Waals surface area contributed by atoms with E-state index in [1.807, 2.05) is 0 Å². The van der Waals surface area contributed by atoms with Crippen molar-refractivity contribution in [1.29, 1.82) is 0 Å². The minimum absolute atomic E-state index is 0.154. The summed E-state index contributed by atoms with van der Waals surface area (Å²) in [7, 11) is 0. The predicted molar refractivity (Wildman–Crippen MR) is 99.5 cm³/mol. The molecule has 1 amide bonds. The van der Waals surface area contributed by atoms with Gasteiger partial charge in [0.25, 0.3) is 11.5 Å². The van der Waals surface area contributed by atoms with E-state index in [0.29, 0.717) is 5.13 Å². The molecule has 0 aromatic carbocycles. The normalized spacial score (nSPS) is 32.0. The van der Waals surface area contributed by atoms with E-state index in [-0.39, 0.29) is 22.6 Å². The Morgan fingerprint density at radius 2 is 1.85 bits per heavy atom. The molecule has 0 unspecified atom stereocenters. The number of carbonyl (C=O) groups is 1. The Balaban J connectivity index is 1.42. The van der Waals surface area contributed by atoms with Crippen LogP contribution in [0.15, 0.2) is 17.2 Å². The van der Waals surface area contributed by atoms with Crippen LogP contribution < -0.4 is 10.9 Å². The van der Waals surface area contributed by atoms with Crippen molar-refractivity contribution in [3.05, 3.63) is 39.0 Å². The number of carbonyl (C=O) groups excluding carboxylic acids is 1. The smallest absolute Gasteiger partial charge is 0.275 e. The van der Waals surface area contributed by atoms with E-state index in [1.54, 1.807) is 0 Å². The average molecular weight is 370 g/mol. The second-order valence-corrected chi connectivity index (χ2v) is 9.59. The van der Waals surface area contributed by atoms with Crippen molar-refractivity contribution in [3.63, 3.8) is 0 Å². The first-order chi connectivity index (χ1) is 12.5. The maximum atomic E-state index is 12.4. The van der Waals surface area contributed by atoms with Gasteiger partial charge in [0, 0.05) is 10.3 Å². The third kappa shape index (κ3) is 2.60. The fourth-order valence-corrected chi connectivity index (χ4v) is 6.93. The summed E-state index contributed by atoms with van der Waals surface area (Å²) in [6, 6.07) is 0. The number of aromatic amines is 1. The van der Waals surface area contributed by atoms with Crippen molar-refractivity contribution in [2.45, 2.75) is 50.9 Å². The molecule has 0 aliphatic heterocycles. The Hall–Kier alpha value is -2.02. The van der Waals surface area contributed by atoms with Crippen molar-refractivity contribution in [2.75, 3.05) is 5.32 Å². The fourth-order valence-electron chi connectivity index (χ4n) is 6.00. The van der Waals surface area contributed by atoms with E-state index in [9.17, 15) is 9.59 Å². The number of nitrogens with zero attached hydrogens (tertiary/aromatic N) is 2. The molecule has 2 aromatic heterocycles. The molecule has 4 saturated carbocycles. The van der Waals surface area contributed by atoms with Gasteiger partial charge in [-0.3, -0.25) is 19.9 Å². The van der Waals surface area contributed by atoms with Crippen LogP contribution in [0.2, 0.25) is 0 Å². The molecule has 0 saturated heterocycles. The summed E-state index contributed by atoms with van der Waals surface area (Å²) in [6.07, 6.45) is 10.5. The maximum Gasteiger partial charge on any atom is 0.275 e. The molecule has 2 N–H and O–H groups in total. The molecule has 136 valence electrons. The highest BCUT2D eigenvalue weighted by atomic mass is 32.1. The predicted octanol–water partition coefficient (Wildman–Crippen LogP) is 3.25. The van der Waals surface area contributed by atoms with Gasteiger partial charge in [0.05, 0.1) is 18.1 Å². The molecule has 2 heterocycles. The summed E-state index contributed by atoms with van der Waals surface area (Å²) < 4.78 is 0. The van der Waals surface area contributed by atoms with Crippen molar-refractivity contribution >= 4 is 22.4 Å². The van der Waals surface area contributed by atoms with Crippen LogP contribution in [-0.4, -0.2) is 20.9 Å². The molecular formula is C19H22N4O2S. The SMILES string of the molecule is Cc1sc(NC(=O)c2cncc(=O)[nH]2)nc1C12CC3CC(CC(C3)C1)C2. The quantitative estimate of drug-likeness (QED) is 0.868. The summed E-state index contributed by atoms with van der Waals surface area (Å²) in [5.41, 5.74) is 1.20. The van der Waals surface area contributed by atoms with Crippen molar-refractivity contribution < 1.29 is 4.79 Å². The highest BCUT2D eigenvalue weighted by Crippen LogP contribution is 2.61. The molecule has 4 aliphatic rings. The molecule has 0 atom stereocenters. The molecule has 26 heavy (non-hydrogen) atoms. The largest absolute Gasteiger partial charge is 0.315 e. The Morgan fingerprint density at radius 3 is 2.46 bits per heavy atom. The number of rotatable bonds is 3. The third-order valence-corrected chi connectivity index (χ3v) is 7.34.